The molecule has 2 N–H and O–H groups in total. The van der Waals surface area contributed by atoms with Crippen molar-refractivity contribution >= 4 is 33.4 Å². The van der Waals surface area contributed by atoms with Crippen molar-refractivity contribution in [1.82, 2.24) is 10.3 Å². The first-order valence-corrected chi connectivity index (χ1v) is 9.74. The standard InChI is InChI=1S/C21H19BrFN3O3/c1-13-10-14(22)6-7-17(13)26-20(28)12-24-19(27)8-9-21-25-11-18(29-21)15-4-2-3-5-16(15)23/h2-7,10-11H,8-9,12H2,1H3,(H,24,27)(H,26,28). The molecule has 8 heteroatoms. The minimum atomic E-state index is -0.403. The predicted molar refractivity (Wildman–Crippen MR) is 111 cm³/mol. The Morgan fingerprint density at radius 2 is 1.97 bits per heavy atom. The van der Waals surface area contributed by atoms with Gasteiger partial charge in [-0.25, -0.2) is 9.37 Å². The Morgan fingerprint density at radius 3 is 2.72 bits per heavy atom. The summed E-state index contributed by atoms with van der Waals surface area (Å²) in [6, 6.07) is 11.7. The lowest BCUT2D eigenvalue weighted by Gasteiger charge is -2.09. The van der Waals surface area contributed by atoms with Gasteiger partial charge in [0, 0.05) is 23.0 Å². The second-order valence-corrected chi connectivity index (χ2v) is 7.30. The van der Waals surface area contributed by atoms with Gasteiger partial charge in [-0.1, -0.05) is 28.1 Å². The molecule has 0 spiro atoms. The summed E-state index contributed by atoms with van der Waals surface area (Å²) >= 11 is 3.37. The summed E-state index contributed by atoms with van der Waals surface area (Å²) in [6.07, 6.45) is 1.77. The molecule has 1 heterocycles. The van der Waals surface area contributed by atoms with Crippen molar-refractivity contribution in [2.24, 2.45) is 0 Å². The fourth-order valence-corrected chi connectivity index (χ4v) is 3.14. The van der Waals surface area contributed by atoms with Crippen molar-refractivity contribution in [3.05, 3.63) is 70.4 Å². The molecule has 29 heavy (non-hydrogen) atoms. The summed E-state index contributed by atoms with van der Waals surface area (Å²) in [5.41, 5.74) is 1.91. The normalized spacial score (nSPS) is 10.6. The average Bonchev–Trinajstić information content (AvgIpc) is 3.16. The lowest BCUT2D eigenvalue weighted by atomic mass is 10.2. The van der Waals surface area contributed by atoms with Gasteiger partial charge >= 0.3 is 0 Å². The molecule has 0 fully saturated rings. The maximum Gasteiger partial charge on any atom is 0.243 e. The number of carbonyl (C=O) groups is 2. The number of benzene rings is 2. The van der Waals surface area contributed by atoms with Crippen LogP contribution in [0.25, 0.3) is 11.3 Å². The van der Waals surface area contributed by atoms with Crippen LogP contribution in [0.5, 0.6) is 0 Å². The SMILES string of the molecule is Cc1cc(Br)ccc1NC(=O)CNC(=O)CCc1ncc(-c2ccccc2F)o1. The molecule has 0 atom stereocenters. The van der Waals surface area contributed by atoms with Crippen molar-refractivity contribution in [3.8, 4) is 11.3 Å². The van der Waals surface area contributed by atoms with Gasteiger partial charge in [0.2, 0.25) is 11.8 Å². The molecule has 0 aliphatic heterocycles. The van der Waals surface area contributed by atoms with Crippen molar-refractivity contribution in [2.45, 2.75) is 19.8 Å². The van der Waals surface area contributed by atoms with Gasteiger partial charge < -0.3 is 15.1 Å². The lowest BCUT2D eigenvalue weighted by molar-refractivity contribution is -0.124. The van der Waals surface area contributed by atoms with E-state index < -0.39 is 5.82 Å². The fraction of sp³-hybridized carbons (Fsp3) is 0.190. The maximum absolute atomic E-state index is 13.8. The first-order valence-electron chi connectivity index (χ1n) is 8.94. The zero-order valence-corrected chi connectivity index (χ0v) is 17.3. The van der Waals surface area contributed by atoms with Crippen LogP contribution >= 0.6 is 15.9 Å². The van der Waals surface area contributed by atoms with Gasteiger partial charge in [0.05, 0.1) is 18.3 Å². The molecule has 3 rings (SSSR count). The highest BCUT2D eigenvalue weighted by atomic mass is 79.9. The van der Waals surface area contributed by atoms with Crippen molar-refractivity contribution < 1.29 is 18.4 Å². The van der Waals surface area contributed by atoms with Crippen LogP contribution in [-0.4, -0.2) is 23.3 Å². The number of aromatic nitrogens is 1. The van der Waals surface area contributed by atoms with E-state index in [-0.39, 0.29) is 31.2 Å². The van der Waals surface area contributed by atoms with Gasteiger partial charge in [0.15, 0.2) is 11.7 Å². The quantitative estimate of drug-likeness (QED) is 0.553. The van der Waals surface area contributed by atoms with Gasteiger partial charge in [-0.2, -0.15) is 0 Å². The van der Waals surface area contributed by atoms with Crippen molar-refractivity contribution in [3.63, 3.8) is 0 Å². The van der Waals surface area contributed by atoms with Crippen molar-refractivity contribution in [1.29, 1.82) is 0 Å². The monoisotopic (exact) mass is 459 g/mol. The molecule has 0 unspecified atom stereocenters. The van der Waals surface area contributed by atoms with E-state index in [4.69, 9.17) is 4.42 Å². The van der Waals surface area contributed by atoms with Crippen LogP contribution in [0.1, 0.15) is 17.9 Å². The van der Waals surface area contributed by atoms with Gasteiger partial charge in [-0.3, -0.25) is 9.59 Å². The summed E-state index contributed by atoms with van der Waals surface area (Å²) in [4.78, 5) is 28.1. The molecule has 0 bridgehead atoms. The molecule has 0 aliphatic carbocycles. The topological polar surface area (TPSA) is 84.2 Å². The third-order valence-electron chi connectivity index (χ3n) is 4.17. The number of hydrogen-bond acceptors (Lipinski definition) is 4. The Kier molecular flexibility index (Phi) is 6.77. The number of amides is 2. The highest BCUT2D eigenvalue weighted by molar-refractivity contribution is 9.10. The molecule has 6 nitrogen and oxygen atoms in total. The number of anilines is 1. The molecule has 150 valence electrons. The van der Waals surface area contributed by atoms with Crippen LogP contribution in [0.4, 0.5) is 10.1 Å². The van der Waals surface area contributed by atoms with Crippen LogP contribution in [-0.2, 0) is 16.0 Å². The first-order chi connectivity index (χ1) is 13.9. The molecular weight excluding hydrogens is 441 g/mol. The molecule has 2 amide bonds. The van der Waals surface area contributed by atoms with Crippen LogP contribution < -0.4 is 10.6 Å². The van der Waals surface area contributed by atoms with Crippen molar-refractivity contribution in [2.75, 3.05) is 11.9 Å². The summed E-state index contributed by atoms with van der Waals surface area (Å²) in [7, 11) is 0. The number of nitrogens with one attached hydrogen (secondary N) is 2. The lowest BCUT2D eigenvalue weighted by Crippen LogP contribution is -2.33. The minimum absolute atomic E-state index is 0.0990. The van der Waals surface area contributed by atoms with E-state index in [1.807, 2.05) is 19.1 Å². The molecule has 0 saturated carbocycles. The van der Waals surface area contributed by atoms with E-state index in [0.717, 1.165) is 10.0 Å². The Morgan fingerprint density at radius 1 is 1.17 bits per heavy atom. The van der Waals surface area contributed by atoms with E-state index in [0.29, 0.717) is 22.9 Å². The van der Waals surface area contributed by atoms with Gasteiger partial charge in [-0.15, -0.1) is 0 Å². The fourth-order valence-electron chi connectivity index (χ4n) is 2.66. The van der Waals surface area contributed by atoms with E-state index in [9.17, 15) is 14.0 Å². The smallest absolute Gasteiger partial charge is 0.243 e. The van der Waals surface area contributed by atoms with E-state index in [1.54, 1.807) is 24.3 Å². The number of carbonyl (C=O) groups excluding carboxylic acids is 2. The predicted octanol–water partition coefficient (Wildman–Crippen LogP) is 4.24. The minimum Gasteiger partial charge on any atom is -0.441 e. The average molecular weight is 460 g/mol. The summed E-state index contributed by atoms with van der Waals surface area (Å²) in [6.45, 7) is 1.74. The number of halogens is 2. The summed E-state index contributed by atoms with van der Waals surface area (Å²) in [5.74, 6) is -0.392. The maximum atomic E-state index is 13.8. The Labute approximate surface area is 175 Å². The van der Waals surface area contributed by atoms with Crippen LogP contribution in [0.3, 0.4) is 0 Å². The largest absolute Gasteiger partial charge is 0.441 e. The molecule has 0 aliphatic rings. The third kappa shape index (κ3) is 5.74. The Hall–Kier alpha value is -3.00. The number of rotatable bonds is 7. The van der Waals surface area contributed by atoms with Crippen LogP contribution in [0.15, 0.2) is 57.6 Å². The van der Waals surface area contributed by atoms with Crippen LogP contribution in [0.2, 0.25) is 0 Å². The van der Waals surface area contributed by atoms with Gasteiger partial charge in [0.1, 0.15) is 5.82 Å². The molecule has 3 aromatic rings. The molecule has 0 saturated heterocycles. The summed E-state index contributed by atoms with van der Waals surface area (Å²) < 4.78 is 20.2. The number of hydrogen-bond donors (Lipinski definition) is 2. The molecule has 1 aromatic heterocycles. The number of oxazole rings is 1. The highest BCUT2D eigenvalue weighted by Crippen LogP contribution is 2.23. The Balaban J connectivity index is 1.45. The van der Waals surface area contributed by atoms with E-state index in [1.165, 1.54) is 12.3 Å². The zero-order valence-electron chi connectivity index (χ0n) is 15.7. The molecule has 0 radical (unpaired) electrons. The highest BCUT2D eigenvalue weighted by Gasteiger charge is 2.12. The molecular formula is C21H19BrFN3O3. The zero-order chi connectivity index (χ0) is 20.8. The van der Waals surface area contributed by atoms with E-state index in [2.05, 4.69) is 31.5 Å². The van der Waals surface area contributed by atoms with Gasteiger partial charge in [0.25, 0.3) is 0 Å². The Bertz CT molecular complexity index is 1040. The third-order valence-corrected chi connectivity index (χ3v) is 4.66. The molecule has 2 aromatic carbocycles. The second-order valence-electron chi connectivity index (χ2n) is 6.38. The summed E-state index contributed by atoms with van der Waals surface area (Å²) in [5, 5.41) is 5.31. The first kappa shape index (κ1) is 20.7. The number of aryl methyl sites for hydroxylation is 2. The van der Waals surface area contributed by atoms with Crippen LogP contribution in [0, 0.1) is 12.7 Å². The number of nitrogens with zero attached hydrogens (tertiary/aromatic N) is 1. The van der Waals surface area contributed by atoms with E-state index >= 15 is 0 Å². The second kappa shape index (κ2) is 9.47. The van der Waals surface area contributed by atoms with Gasteiger partial charge in [-0.05, 0) is 42.8 Å².